The maximum atomic E-state index is 10.9. The van der Waals surface area contributed by atoms with E-state index >= 15 is 0 Å². The fourth-order valence-electron chi connectivity index (χ4n) is 3.65. The second-order valence-electron chi connectivity index (χ2n) is 9.37. The van der Waals surface area contributed by atoms with Crippen molar-refractivity contribution in [1.82, 2.24) is 4.90 Å². The number of hydrogen-bond acceptors (Lipinski definition) is 2. The van der Waals surface area contributed by atoms with Crippen LogP contribution in [-0.4, -0.2) is 35.7 Å². The fraction of sp³-hybridized carbons (Fsp3) is 1.00. The molecule has 0 aliphatic heterocycles. The van der Waals surface area contributed by atoms with E-state index in [-0.39, 0.29) is 22.5 Å². The molecule has 21 heavy (non-hydrogen) atoms. The Morgan fingerprint density at radius 1 is 0.952 bits per heavy atom. The molecule has 2 unspecified atom stereocenters. The molecule has 0 spiro atoms. The molecule has 128 valence electrons. The summed E-state index contributed by atoms with van der Waals surface area (Å²) in [6.07, 6.45) is 3.89. The van der Waals surface area contributed by atoms with Crippen LogP contribution in [0.5, 0.6) is 0 Å². The lowest BCUT2D eigenvalue weighted by Gasteiger charge is -2.44. The van der Waals surface area contributed by atoms with Gasteiger partial charge in [-0.15, -0.1) is 0 Å². The molecule has 0 rings (SSSR count). The van der Waals surface area contributed by atoms with Gasteiger partial charge in [0.25, 0.3) is 0 Å². The summed E-state index contributed by atoms with van der Waals surface area (Å²) < 4.78 is 0. The van der Waals surface area contributed by atoms with E-state index in [0.717, 1.165) is 19.3 Å². The van der Waals surface area contributed by atoms with E-state index in [1.807, 2.05) is 0 Å². The van der Waals surface area contributed by atoms with E-state index in [9.17, 15) is 5.11 Å². The summed E-state index contributed by atoms with van der Waals surface area (Å²) >= 11 is 0. The van der Waals surface area contributed by atoms with E-state index in [4.69, 9.17) is 0 Å². The zero-order valence-corrected chi connectivity index (χ0v) is 16.4. The molecule has 0 aromatic carbocycles. The van der Waals surface area contributed by atoms with Gasteiger partial charge in [-0.1, -0.05) is 41.5 Å². The summed E-state index contributed by atoms with van der Waals surface area (Å²) in [5.74, 6) is 0.705. The Morgan fingerprint density at radius 3 is 1.76 bits per heavy atom. The number of rotatable bonds is 9. The van der Waals surface area contributed by atoms with Crippen molar-refractivity contribution in [2.24, 2.45) is 16.7 Å². The first-order valence-electron chi connectivity index (χ1n) is 8.61. The molecule has 0 amide bonds. The van der Waals surface area contributed by atoms with Gasteiger partial charge in [0.1, 0.15) is 0 Å². The average molecular weight is 300 g/mol. The summed E-state index contributed by atoms with van der Waals surface area (Å²) in [6, 6.07) is 0. The number of aliphatic hydroxyl groups is 1. The summed E-state index contributed by atoms with van der Waals surface area (Å²) in [6.45, 7) is 18.2. The van der Waals surface area contributed by atoms with Crippen LogP contribution < -0.4 is 0 Å². The molecule has 0 aromatic heterocycles. The Kier molecular flexibility index (Phi) is 7.43. The summed E-state index contributed by atoms with van der Waals surface area (Å²) in [5.41, 5.74) is 0.297. The van der Waals surface area contributed by atoms with Crippen molar-refractivity contribution in [1.29, 1.82) is 0 Å². The summed E-state index contributed by atoms with van der Waals surface area (Å²) in [5, 5.41) is 10.9. The minimum absolute atomic E-state index is 0.00826. The monoisotopic (exact) mass is 299 g/mol. The average Bonchev–Trinajstić information content (AvgIpc) is 2.25. The third-order valence-corrected chi connectivity index (χ3v) is 5.36. The van der Waals surface area contributed by atoms with Gasteiger partial charge >= 0.3 is 0 Å². The van der Waals surface area contributed by atoms with Gasteiger partial charge in [-0.3, -0.25) is 0 Å². The molecule has 2 atom stereocenters. The SMILES string of the molecule is CCC(C)(CC(C)(C)CC(C)C)C(O)CC(C)(C)N(C)C. The molecule has 2 heteroatoms. The van der Waals surface area contributed by atoms with Gasteiger partial charge in [0.05, 0.1) is 6.10 Å². The minimum Gasteiger partial charge on any atom is -0.392 e. The molecule has 0 fully saturated rings. The second-order valence-corrected chi connectivity index (χ2v) is 9.37. The Bertz CT molecular complexity index is 307. The highest BCUT2D eigenvalue weighted by molar-refractivity contribution is 4.92. The first-order chi connectivity index (χ1) is 9.26. The molecule has 0 aliphatic rings. The van der Waals surface area contributed by atoms with E-state index < -0.39 is 0 Å². The molecular formula is C19H41NO. The lowest BCUT2D eigenvalue weighted by Crippen LogP contribution is -2.46. The van der Waals surface area contributed by atoms with Crippen LogP contribution in [0, 0.1) is 16.7 Å². The molecule has 0 aliphatic carbocycles. The maximum absolute atomic E-state index is 10.9. The molecule has 0 radical (unpaired) electrons. The van der Waals surface area contributed by atoms with E-state index in [0.29, 0.717) is 5.92 Å². The molecule has 0 saturated carbocycles. The lowest BCUT2D eigenvalue weighted by molar-refractivity contribution is -0.0331. The van der Waals surface area contributed by atoms with Crippen molar-refractivity contribution in [3.8, 4) is 0 Å². The predicted octanol–water partition coefficient (Wildman–Crippen LogP) is 4.96. The van der Waals surface area contributed by atoms with Crippen LogP contribution in [0.1, 0.15) is 81.1 Å². The Balaban J connectivity index is 5.01. The third kappa shape index (κ3) is 6.69. The van der Waals surface area contributed by atoms with Gasteiger partial charge in [-0.2, -0.15) is 0 Å². The van der Waals surface area contributed by atoms with Crippen LogP contribution in [0.25, 0.3) is 0 Å². The van der Waals surface area contributed by atoms with E-state index in [1.54, 1.807) is 0 Å². The van der Waals surface area contributed by atoms with Crippen LogP contribution in [0.2, 0.25) is 0 Å². The lowest BCUT2D eigenvalue weighted by atomic mass is 9.65. The molecule has 1 N–H and O–H groups in total. The Morgan fingerprint density at radius 2 is 1.43 bits per heavy atom. The molecule has 0 bridgehead atoms. The predicted molar refractivity (Wildman–Crippen MR) is 94.6 cm³/mol. The van der Waals surface area contributed by atoms with Crippen LogP contribution in [0.15, 0.2) is 0 Å². The Hall–Kier alpha value is -0.0800. The van der Waals surface area contributed by atoms with Crippen molar-refractivity contribution in [2.75, 3.05) is 14.1 Å². The highest BCUT2D eigenvalue weighted by Crippen LogP contribution is 2.44. The first-order valence-corrected chi connectivity index (χ1v) is 8.61. The fourth-order valence-corrected chi connectivity index (χ4v) is 3.65. The zero-order valence-electron chi connectivity index (χ0n) is 16.4. The topological polar surface area (TPSA) is 23.5 Å². The van der Waals surface area contributed by atoms with Crippen molar-refractivity contribution in [3.05, 3.63) is 0 Å². The molecule has 0 aromatic rings. The molecular weight excluding hydrogens is 258 g/mol. The van der Waals surface area contributed by atoms with Gasteiger partial charge < -0.3 is 10.0 Å². The van der Waals surface area contributed by atoms with Gasteiger partial charge in [0.15, 0.2) is 0 Å². The van der Waals surface area contributed by atoms with Crippen molar-refractivity contribution < 1.29 is 5.11 Å². The first kappa shape index (κ1) is 20.9. The van der Waals surface area contributed by atoms with Crippen molar-refractivity contribution in [2.45, 2.75) is 92.7 Å². The molecule has 0 saturated heterocycles. The van der Waals surface area contributed by atoms with E-state index in [2.05, 4.69) is 74.4 Å². The standard InChI is InChI=1S/C19H41NO/c1-11-19(8,14-17(4,5)12-15(2)3)16(21)13-18(6,7)20(9)10/h15-16,21H,11-14H2,1-10H3. The van der Waals surface area contributed by atoms with Gasteiger partial charge in [-0.05, 0) is 70.4 Å². The maximum Gasteiger partial charge on any atom is 0.0611 e. The van der Waals surface area contributed by atoms with Crippen LogP contribution in [0.3, 0.4) is 0 Å². The number of hydrogen-bond donors (Lipinski definition) is 1. The number of nitrogens with zero attached hydrogens (tertiary/aromatic N) is 1. The summed E-state index contributed by atoms with van der Waals surface area (Å²) in [4.78, 5) is 2.21. The minimum atomic E-state index is -0.258. The van der Waals surface area contributed by atoms with Crippen LogP contribution >= 0.6 is 0 Å². The summed E-state index contributed by atoms with van der Waals surface area (Å²) in [7, 11) is 4.19. The highest BCUT2D eigenvalue weighted by Gasteiger charge is 2.39. The zero-order chi connectivity index (χ0) is 17.1. The van der Waals surface area contributed by atoms with Gasteiger partial charge in [-0.25, -0.2) is 0 Å². The molecule has 0 heterocycles. The quantitative estimate of drug-likeness (QED) is 0.650. The second kappa shape index (κ2) is 7.46. The largest absolute Gasteiger partial charge is 0.392 e. The van der Waals surface area contributed by atoms with Gasteiger partial charge in [0, 0.05) is 5.54 Å². The molecule has 2 nitrogen and oxygen atoms in total. The van der Waals surface area contributed by atoms with Crippen molar-refractivity contribution in [3.63, 3.8) is 0 Å². The Labute approximate surface area is 134 Å². The van der Waals surface area contributed by atoms with Gasteiger partial charge in [0.2, 0.25) is 0 Å². The van der Waals surface area contributed by atoms with Crippen molar-refractivity contribution >= 4 is 0 Å². The van der Waals surface area contributed by atoms with Crippen LogP contribution in [-0.2, 0) is 0 Å². The smallest absolute Gasteiger partial charge is 0.0611 e. The highest BCUT2D eigenvalue weighted by atomic mass is 16.3. The third-order valence-electron chi connectivity index (χ3n) is 5.36. The van der Waals surface area contributed by atoms with Crippen LogP contribution in [0.4, 0.5) is 0 Å². The normalized spacial score (nSPS) is 18.1. The number of aliphatic hydroxyl groups excluding tert-OH is 1. The van der Waals surface area contributed by atoms with E-state index in [1.165, 1.54) is 6.42 Å².